The number of hydrogen-bond acceptors (Lipinski definition) is 12. The molecule has 3 aromatic heterocycles. The van der Waals surface area contributed by atoms with E-state index in [0.29, 0.717) is 75.3 Å². The summed E-state index contributed by atoms with van der Waals surface area (Å²) >= 11 is 2.74. The third-order valence-electron chi connectivity index (χ3n) is 12.8. The maximum Gasteiger partial charge on any atom is 0.349 e. The Labute approximate surface area is 389 Å². The molecule has 2 bridgehead atoms. The number of aliphatic carboxylic acids is 2. The molecule has 1 aliphatic carbocycles. The van der Waals surface area contributed by atoms with Gasteiger partial charge in [-0.1, -0.05) is 44.2 Å². The number of ether oxygens (including phenoxy) is 2. The Kier molecular flexibility index (Phi) is 15.4. The second-order valence-electron chi connectivity index (χ2n) is 16.9. The standard InChI is InChI=1S/C24H28N2O3.C19H22NO4S2.C4H4O4.BrH/c1-3-14-9-16-11-18(12-17(16)10-15(14)4-2)25-13-22(28)19-5-7-21(27)24-20(19)6-8-23(29)26-24;1-20(2)12-9-11(10-13(20)17-16(12)24-17)23-18(21)19(22,14-5-3-7-25-14)15-6-4-8-26-15;5-3(6)1-2-4(7)8;/h5-10,18,22,25,27-28H,3-4,11-13H2,1-2H3,(H,26,29);3-8,11-13,16-17,22H,9-10H2,1-2H3;1-2H,(H,5,6)(H,7,8);1H/q;+1;;/p-1/b;;2-1-;/t22-;11?,12-,13+,16-,17+;;/m0.../s1. The Bertz CT molecular complexity index is 2440. The van der Waals surface area contributed by atoms with Crippen LogP contribution in [-0.4, -0.2) is 110 Å². The highest BCUT2D eigenvalue weighted by atomic mass is 79.9. The summed E-state index contributed by atoms with van der Waals surface area (Å²) < 4.78 is 12.6. The third-order valence-corrected chi connectivity index (χ3v) is 14.8. The van der Waals surface area contributed by atoms with Crippen LogP contribution in [0.4, 0.5) is 0 Å². The Morgan fingerprint density at radius 3 is 1.94 bits per heavy atom. The van der Waals surface area contributed by atoms with E-state index >= 15 is 0 Å². The summed E-state index contributed by atoms with van der Waals surface area (Å²) in [4.78, 5) is 47.7. The number of aliphatic hydroxyl groups is 2. The molecule has 342 valence electrons. The lowest BCUT2D eigenvalue weighted by Gasteiger charge is -2.45. The lowest BCUT2D eigenvalue weighted by Crippen LogP contribution is -3.00. The Morgan fingerprint density at radius 2 is 1.45 bits per heavy atom. The first-order valence-electron chi connectivity index (χ1n) is 21.1. The topological polar surface area (TPSA) is 219 Å². The van der Waals surface area contributed by atoms with Crippen molar-refractivity contribution in [2.75, 3.05) is 20.6 Å². The number of aliphatic hydroxyl groups excluding tert-OH is 1. The monoisotopic (exact) mass is 979 g/mol. The van der Waals surface area contributed by atoms with Crippen molar-refractivity contribution in [2.45, 2.75) is 101 Å². The number of aryl methyl sites for hydroxylation is 2. The zero-order valence-corrected chi connectivity index (χ0v) is 39.1. The average molecular weight is 981 g/mol. The second kappa shape index (κ2) is 20.2. The molecule has 5 aromatic rings. The number of pyridine rings is 1. The number of hydrogen-bond donors (Lipinski definition) is 7. The van der Waals surface area contributed by atoms with Gasteiger partial charge in [0.05, 0.1) is 35.5 Å². The second-order valence-corrected chi connectivity index (χ2v) is 18.8. The minimum Gasteiger partial charge on any atom is -1.00 e. The summed E-state index contributed by atoms with van der Waals surface area (Å²) in [7, 11) is 4.49. The predicted molar refractivity (Wildman–Crippen MR) is 239 cm³/mol. The summed E-state index contributed by atoms with van der Waals surface area (Å²) in [5, 5.41) is 55.7. The Balaban J connectivity index is 0.000000180. The molecule has 3 saturated heterocycles. The number of H-pyrrole nitrogens is 1. The van der Waals surface area contributed by atoms with E-state index in [2.05, 4.69) is 50.4 Å². The highest BCUT2D eigenvalue weighted by molar-refractivity contribution is 7.12. The van der Waals surface area contributed by atoms with Crippen LogP contribution in [0, 0.1) is 0 Å². The number of phenols is 1. The number of aromatic nitrogens is 1. The van der Waals surface area contributed by atoms with Gasteiger partial charge in [0.15, 0.2) is 0 Å². The van der Waals surface area contributed by atoms with Gasteiger partial charge in [-0.05, 0) is 88.5 Å². The largest absolute Gasteiger partial charge is 1.00 e. The number of phenolic OH excluding ortho intramolecular Hbond substituents is 1. The molecule has 64 heavy (non-hydrogen) atoms. The molecule has 6 atom stereocenters. The SMILES string of the molecule is CCc1cc2c(cc1CC)CC(NC[C@H](O)c1ccc(O)c3[nH]c(=O)ccc13)C2.C[N+]1(C)[C@@H]2CC(OC(=O)C(O)(c3cccs3)c3cccs3)C[C@H]1[C@@H]1O[C@@H]12.O=C(O)/C=C\C(=O)O.[Br-]. The van der Waals surface area contributed by atoms with Crippen LogP contribution >= 0.6 is 22.7 Å². The van der Waals surface area contributed by atoms with E-state index in [0.717, 1.165) is 43.0 Å². The normalized spacial score (nSPS) is 21.9. The van der Waals surface area contributed by atoms with Crippen molar-refractivity contribution in [2.24, 2.45) is 0 Å². The Morgan fingerprint density at radius 1 is 0.906 bits per heavy atom. The smallest absolute Gasteiger partial charge is 0.349 e. The minimum atomic E-state index is -1.72. The van der Waals surface area contributed by atoms with Crippen molar-refractivity contribution >= 4 is 51.5 Å². The molecule has 4 aliphatic rings. The summed E-state index contributed by atoms with van der Waals surface area (Å²) in [5.41, 5.74) is 4.77. The quantitative estimate of drug-likeness (QED) is 0.0415. The van der Waals surface area contributed by atoms with Crippen LogP contribution in [0.2, 0.25) is 0 Å². The van der Waals surface area contributed by atoms with Gasteiger partial charge in [-0.25, -0.2) is 14.4 Å². The summed E-state index contributed by atoms with van der Waals surface area (Å²) in [6.45, 7) is 4.83. The third kappa shape index (κ3) is 10.2. The number of piperidine rings is 1. The number of carbonyl (C=O) groups is 3. The van der Waals surface area contributed by atoms with Crippen LogP contribution in [0.1, 0.15) is 70.4 Å². The van der Waals surface area contributed by atoms with Gasteiger partial charge in [-0.15, -0.1) is 22.7 Å². The molecule has 7 N–H and O–H groups in total. The molecule has 17 heteroatoms. The van der Waals surface area contributed by atoms with Crippen molar-refractivity contribution in [3.63, 3.8) is 0 Å². The summed E-state index contributed by atoms with van der Waals surface area (Å²) in [6, 6.07) is 19.3. The van der Waals surface area contributed by atoms with Gasteiger partial charge in [0, 0.05) is 49.0 Å². The fourth-order valence-electron chi connectivity index (χ4n) is 9.49. The molecule has 3 fully saturated rings. The molecule has 0 radical (unpaired) electrons. The number of carboxylic acids is 2. The van der Waals surface area contributed by atoms with Crippen LogP contribution in [0.25, 0.3) is 10.9 Å². The number of carboxylic acid groups (broad SMARTS) is 2. The first kappa shape index (κ1) is 48.7. The summed E-state index contributed by atoms with van der Waals surface area (Å²) in [5.74, 6) is -3.07. The molecule has 6 heterocycles. The molecule has 1 unspecified atom stereocenters. The van der Waals surface area contributed by atoms with E-state index in [1.807, 2.05) is 22.9 Å². The lowest BCUT2D eigenvalue weighted by atomic mass is 9.95. The predicted octanol–water partition coefficient (Wildman–Crippen LogP) is 2.21. The van der Waals surface area contributed by atoms with Crippen LogP contribution < -0.4 is 27.9 Å². The van der Waals surface area contributed by atoms with Crippen molar-refractivity contribution in [1.29, 1.82) is 0 Å². The molecule has 0 saturated carbocycles. The fraction of sp³-hybridized carbons (Fsp3) is 0.404. The molecule has 9 rings (SSSR count). The van der Waals surface area contributed by atoms with Gasteiger partial charge >= 0.3 is 17.9 Å². The number of halogens is 1. The zero-order chi connectivity index (χ0) is 45.2. The van der Waals surface area contributed by atoms with Gasteiger partial charge in [0.1, 0.15) is 36.1 Å². The molecular weight excluding hydrogens is 927 g/mol. The van der Waals surface area contributed by atoms with Crippen molar-refractivity contribution in [3.05, 3.63) is 132 Å². The number of quaternary nitrogens is 1. The number of esters is 1. The maximum atomic E-state index is 13.1. The number of likely N-dealkylation sites (N-methyl/N-ethyl adjacent to an activating group) is 1. The number of rotatable bonds is 12. The number of nitrogens with one attached hydrogen (secondary N) is 2. The maximum absolute atomic E-state index is 13.1. The molecule has 0 spiro atoms. The number of aromatic hydroxyl groups is 1. The van der Waals surface area contributed by atoms with Crippen LogP contribution in [0.5, 0.6) is 5.75 Å². The van der Waals surface area contributed by atoms with Gasteiger partial charge in [0.2, 0.25) is 11.2 Å². The van der Waals surface area contributed by atoms with Gasteiger partial charge in [0.25, 0.3) is 0 Å². The lowest BCUT2D eigenvalue weighted by molar-refractivity contribution is -0.938. The van der Waals surface area contributed by atoms with Crippen molar-refractivity contribution in [3.8, 4) is 5.75 Å². The number of benzene rings is 2. The first-order chi connectivity index (χ1) is 30.0. The van der Waals surface area contributed by atoms with Gasteiger partial charge < -0.3 is 66.8 Å². The van der Waals surface area contributed by atoms with Gasteiger partial charge in [-0.2, -0.15) is 0 Å². The molecular formula is C47H54BrN3O11S2. The highest BCUT2D eigenvalue weighted by Crippen LogP contribution is 2.52. The van der Waals surface area contributed by atoms with Crippen LogP contribution in [0.15, 0.2) is 88.4 Å². The van der Waals surface area contributed by atoms with E-state index in [1.54, 1.807) is 24.3 Å². The minimum absolute atomic E-state index is 0. The number of epoxide rings is 1. The fourth-order valence-corrected chi connectivity index (χ4v) is 11.2. The van der Waals surface area contributed by atoms with Gasteiger partial charge in [-0.3, -0.25) is 4.79 Å². The van der Waals surface area contributed by atoms with Crippen LogP contribution in [0.3, 0.4) is 0 Å². The number of carbonyl (C=O) groups excluding carboxylic acids is 1. The number of morpholine rings is 1. The summed E-state index contributed by atoms with van der Waals surface area (Å²) in [6.07, 6.45) is 6.50. The molecule has 14 nitrogen and oxygen atoms in total. The molecule has 2 aromatic carbocycles. The zero-order valence-electron chi connectivity index (χ0n) is 35.9. The van der Waals surface area contributed by atoms with E-state index in [-0.39, 0.29) is 34.4 Å². The molecule has 0 amide bonds. The Hall–Kier alpha value is -4.72. The number of thiophene rings is 2. The number of fused-ring (bicyclic) bond motifs is 7. The van der Waals surface area contributed by atoms with E-state index in [1.165, 1.54) is 57.1 Å². The van der Waals surface area contributed by atoms with Crippen LogP contribution in [-0.2, 0) is 55.1 Å². The van der Waals surface area contributed by atoms with E-state index in [4.69, 9.17) is 19.7 Å². The average Bonchev–Trinajstić information content (AvgIpc) is 3.66. The van der Waals surface area contributed by atoms with E-state index in [9.17, 15) is 34.5 Å². The number of aromatic amines is 1. The van der Waals surface area contributed by atoms with Crippen molar-refractivity contribution < 1.29 is 70.9 Å². The van der Waals surface area contributed by atoms with E-state index < -0.39 is 29.6 Å². The first-order valence-corrected chi connectivity index (χ1v) is 22.8. The highest BCUT2D eigenvalue weighted by Gasteiger charge is 2.71. The number of nitrogens with zero attached hydrogens (tertiary/aromatic N) is 1. The van der Waals surface area contributed by atoms with Crippen molar-refractivity contribution in [1.82, 2.24) is 10.3 Å². The molecule has 3 aliphatic heterocycles.